The van der Waals surface area contributed by atoms with Crippen molar-refractivity contribution in [3.63, 3.8) is 0 Å². The van der Waals surface area contributed by atoms with E-state index in [1.165, 1.54) is 11.3 Å². The Hall–Kier alpha value is -2.28. The van der Waals surface area contributed by atoms with Gasteiger partial charge in [-0.1, -0.05) is 5.16 Å². The number of benzene rings is 1. The summed E-state index contributed by atoms with van der Waals surface area (Å²) in [7, 11) is 0. The molecule has 0 fully saturated rings. The lowest BCUT2D eigenvalue weighted by atomic mass is 10.2. The number of aromatic nitrogens is 2. The Labute approximate surface area is 110 Å². The molecule has 0 aliphatic carbocycles. The zero-order valence-corrected chi connectivity index (χ0v) is 10.2. The topological polar surface area (TPSA) is 64.9 Å². The quantitative estimate of drug-likeness (QED) is 0.731. The van der Waals surface area contributed by atoms with E-state index in [-0.39, 0.29) is 17.1 Å². The number of hydrogen-bond acceptors (Lipinski definition) is 5. The van der Waals surface area contributed by atoms with Crippen LogP contribution in [0, 0.1) is 11.6 Å². The Morgan fingerprint density at radius 3 is 2.79 bits per heavy atom. The average molecular weight is 279 g/mol. The van der Waals surface area contributed by atoms with Crippen molar-refractivity contribution < 1.29 is 13.3 Å². The molecule has 0 spiro atoms. The fourth-order valence-electron chi connectivity index (χ4n) is 1.57. The lowest BCUT2D eigenvalue weighted by Gasteiger charge is -2.00. The molecule has 0 saturated heterocycles. The number of halogens is 2. The number of nitrogens with zero attached hydrogens (tertiary/aromatic N) is 2. The maximum absolute atomic E-state index is 13.6. The second kappa shape index (κ2) is 4.43. The minimum absolute atomic E-state index is 0.0205. The summed E-state index contributed by atoms with van der Waals surface area (Å²) in [6, 6.07) is 3.64. The summed E-state index contributed by atoms with van der Waals surface area (Å²) in [5, 5.41) is 7.45. The van der Waals surface area contributed by atoms with Gasteiger partial charge in [-0.2, -0.15) is 16.3 Å². The molecule has 0 radical (unpaired) electrons. The minimum atomic E-state index is -0.821. The second-order valence-electron chi connectivity index (χ2n) is 3.79. The molecule has 0 saturated carbocycles. The maximum Gasteiger partial charge on any atom is 0.261 e. The van der Waals surface area contributed by atoms with Crippen LogP contribution < -0.4 is 5.73 Å². The molecule has 7 heteroatoms. The number of thiophene rings is 1. The standard InChI is InChI=1S/C12H7F2N3OS/c13-8-4-9(14)10(15)3-7(8)12-16-11(17-18-12)6-1-2-19-5-6/h1-5H,15H2. The summed E-state index contributed by atoms with van der Waals surface area (Å²) >= 11 is 1.48. The van der Waals surface area contributed by atoms with Crippen LogP contribution >= 0.6 is 11.3 Å². The SMILES string of the molecule is Nc1cc(-c2nc(-c3ccsc3)no2)c(F)cc1F. The van der Waals surface area contributed by atoms with Crippen LogP contribution in [0.15, 0.2) is 33.5 Å². The van der Waals surface area contributed by atoms with Crippen LogP contribution in [0.5, 0.6) is 0 Å². The van der Waals surface area contributed by atoms with E-state index >= 15 is 0 Å². The van der Waals surface area contributed by atoms with Gasteiger partial charge in [-0.15, -0.1) is 0 Å². The minimum Gasteiger partial charge on any atom is -0.396 e. The highest BCUT2D eigenvalue weighted by molar-refractivity contribution is 7.08. The molecule has 2 aromatic heterocycles. The van der Waals surface area contributed by atoms with Crippen LogP contribution in [0.3, 0.4) is 0 Å². The van der Waals surface area contributed by atoms with E-state index in [0.717, 1.165) is 11.6 Å². The van der Waals surface area contributed by atoms with Crippen molar-refractivity contribution in [3.8, 4) is 22.8 Å². The van der Waals surface area contributed by atoms with Gasteiger partial charge in [0.1, 0.15) is 11.6 Å². The van der Waals surface area contributed by atoms with Crippen LogP contribution in [0.1, 0.15) is 0 Å². The third-order valence-electron chi connectivity index (χ3n) is 2.52. The van der Waals surface area contributed by atoms with E-state index < -0.39 is 11.6 Å². The molecular weight excluding hydrogens is 272 g/mol. The molecule has 0 atom stereocenters. The normalized spacial score (nSPS) is 10.8. The zero-order chi connectivity index (χ0) is 13.4. The Bertz CT molecular complexity index is 725. The molecule has 0 amide bonds. The van der Waals surface area contributed by atoms with Gasteiger partial charge in [-0.3, -0.25) is 0 Å². The smallest absolute Gasteiger partial charge is 0.261 e. The highest BCUT2D eigenvalue weighted by atomic mass is 32.1. The van der Waals surface area contributed by atoms with Crippen molar-refractivity contribution in [1.82, 2.24) is 10.1 Å². The number of anilines is 1. The molecule has 0 aliphatic rings. The third kappa shape index (κ3) is 2.08. The first-order chi connectivity index (χ1) is 9.15. The Morgan fingerprint density at radius 1 is 1.21 bits per heavy atom. The first kappa shape index (κ1) is 11.8. The lowest BCUT2D eigenvalue weighted by molar-refractivity contribution is 0.429. The molecule has 2 N–H and O–H groups in total. The summed E-state index contributed by atoms with van der Waals surface area (Å²) < 4.78 is 31.7. The van der Waals surface area contributed by atoms with Gasteiger partial charge < -0.3 is 10.3 Å². The Morgan fingerprint density at radius 2 is 2.05 bits per heavy atom. The van der Waals surface area contributed by atoms with Crippen LogP contribution in [0.25, 0.3) is 22.8 Å². The predicted octanol–water partition coefficient (Wildman–Crippen LogP) is 3.33. The highest BCUT2D eigenvalue weighted by Crippen LogP contribution is 2.28. The average Bonchev–Trinajstić information content (AvgIpc) is 3.03. The molecule has 0 unspecified atom stereocenters. The largest absolute Gasteiger partial charge is 0.396 e. The van der Waals surface area contributed by atoms with Gasteiger partial charge in [0, 0.05) is 17.0 Å². The lowest BCUT2D eigenvalue weighted by Crippen LogP contribution is -1.94. The van der Waals surface area contributed by atoms with Crippen LogP contribution in [-0.4, -0.2) is 10.1 Å². The summed E-state index contributed by atoms with van der Waals surface area (Å²) in [5.74, 6) is -1.31. The number of nitrogen functional groups attached to an aromatic ring is 1. The van der Waals surface area contributed by atoms with Crippen molar-refractivity contribution in [2.24, 2.45) is 0 Å². The van der Waals surface area contributed by atoms with Crippen molar-refractivity contribution in [1.29, 1.82) is 0 Å². The van der Waals surface area contributed by atoms with Crippen LogP contribution in [0.4, 0.5) is 14.5 Å². The monoisotopic (exact) mass is 279 g/mol. The van der Waals surface area contributed by atoms with Crippen molar-refractivity contribution in [2.75, 3.05) is 5.73 Å². The van der Waals surface area contributed by atoms with Gasteiger partial charge in [0.05, 0.1) is 11.3 Å². The van der Waals surface area contributed by atoms with Crippen LogP contribution in [0.2, 0.25) is 0 Å². The zero-order valence-electron chi connectivity index (χ0n) is 9.43. The number of nitrogens with two attached hydrogens (primary N) is 1. The summed E-state index contributed by atoms with van der Waals surface area (Å²) in [6.45, 7) is 0. The fraction of sp³-hybridized carbons (Fsp3) is 0. The van der Waals surface area contributed by atoms with Gasteiger partial charge in [-0.25, -0.2) is 8.78 Å². The molecular formula is C12H7F2N3OS. The molecule has 0 aliphatic heterocycles. The molecule has 3 aromatic rings. The number of hydrogen-bond donors (Lipinski definition) is 1. The second-order valence-corrected chi connectivity index (χ2v) is 4.57. The first-order valence-corrected chi connectivity index (χ1v) is 6.20. The van der Waals surface area contributed by atoms with Gasteiger partial charge in [0.2, 0.25) is 5.82 Å². The fourth-order valence-corrected chi connectivity index (χ4v) is 2.21. The molecule has 96 valence electrons. The summed E-state index contributed by atoms with van der Waals surface area (Å²) in [4.78, 5) is 4.07. The van der Waals surface area contributed by atoms with Gasteiger partial charge in [0.25, 0.3) is 5.89 Å². The van der Waals surface area contributed by atoms with Gasteiger partial charge in [0.15, 0.2) is 0 Å². The van der Waals surface area contributed by atoms with Crippen molar-refractivity contribution >= 4 is 17.0 Å². The summed E-state index contributed by atoms with van der Waals surface area (Å²) in [6.07, 6.45) is 0. The van der Waals surface area contributed by atoms with E-state index in [1.54, 1.807) is 0 Å². The Kier molecular flexibility index (Phi) is 2.75. The first-order valence-electron chi connectivity index (χ1n) is 5.26. The van der Waals surface area contributed by atoms with Crippen molar-refractivity contribution in [3.05, 3.63) is 40.6 Å². The third-order valence-corrected chi connectivity index (χ3v) is 3.21. The Balaban J connectivity index is 2.06. The predicted molar refractivity (Wildman–Crippen MR) is 67.4 cm³/mol. The van der Waals surface area contributed by atoms with E-state index in [1.807, 2.05) is 16.8 Å². The molecule has 3 rings (SSSR count). The van der Waals surface area contributed by atoms with E-state index in [0.29, 0.717) is 11.9 Å². The maximum atomic E-state index is 13.6. The molecule has 1 aromatic carbocycles. The van der Waals surface area contributed by atoms with E-state index in [4.69, 9.17) is 10.3 Å². The molecule has 4 nitrogen and oxygen atoms in total. The van der Waals surface area contributed by atoms with Crippen LogP contribution in [-0.2, 0) is 0 Å². The highest BCUT2D eigenvalue weighted by Gasteiger charge is 2.16. The van der Waals surface area contributed by atoms with Gasteiger partial charge >= 0.3 is 0 Å². The number of rotatable bonds is 2. The van der Waals surface area contributed by atoms with Gasteiger partial charge in [-0.05, 0) is 17.5 Å². The molecule has 0 bridgehead atoms. The summed E-state index contributed by atoms with van der Waals surface area (Å²) in [5.41, 5.74) is 5.98. The van der Waals surface area contributed by atoms with Crippen molar-refractivity contribution in [2.45, 2.75) is 0 Å². The van der Waals surface area contributed by atoms with E-state index in [9.17, 15) is 8.78 Å². The molecule has 2 heterocycles. The molecule has 19 heavy (non-hydrogen) atoms. The van der Waals surface area contributed by atoms with E-state index in [2.05, 4.69) is 10.1 Å².